The maximum atomic E-state index is 15.0. The predicted molar refractivity (Wildman–Crippen MR) is 143 cm³/mol. The van der Waals surface area contributed by atoms with Gasteiger partial charge in [0.2, 0.25) is 0 Å². The van der Waals surface area contributed by atoms with E-state index in [2.05, 4.69) is 43.1 Å². The molecule has 176 valence electrons. The van der Waals surface area contributed by atoms with Crippen LogP contribution < -0.4 is 5.19 Å². The van der Waals surface area contributed by atoms with Crippen LogP contribution in [0.5, 0.6) is 0 Å². The van der Waals surface area contributed by atoms with E-state index in [1.807, 2.05) is 51.1 Å². The van der Waals surface area contributed by atoms with Crippen LogP contribution in [0.15, 0.2) is 72.7 Å². The zero-order valence-corrected chi connectivity index (χ0v) is 24.4. The Labute approximate surface area is 197 Å². The number of aryl methyl sites for hydroxylation is 1. The third-order valence-electron chi connectivity index (χ3n) is 5.04. The van der Waals surface area contributed by atoms with E-state index in [-0.39, 0.29) is 10.8 Å². The molecule has 0 aromatic heterocycles. The molecule has 0 unspecified atom stereocenters. The van der Waals surface area contributed by atoms with Crippen molar-refractivity contribution >= 4 is 41.1 Å². The second-order valence-electron chi connectivity index (χ2n) is 10.7. The number of benzene rings is 2. The molecule has 0 aliphatic carbocycles. The Kier molecular flexibility index (Phi) is 7.87. The molecule has 2 aromatic rings. The third-order valence-corrected chi connectivity index (χ3v) is 15.8. The van der Waals surface area contributed by atoms with Gasteiger partial charge in [0.1, 0.15) is 9.73 Å². The molecular formula is C24H37NO3S2Si2. The number of hydrogen-bond donors (Lipinski definition) is 0. The van der Waals surface area contributed by atoms with Gasteiger partial charge in [-0.15, -0.1) is 0 Å². The first-order chi connectivity index (χ1) is 14.5. The van der Waals surface area contributed by atoms with Crippen LogP contribution in [0.3, 0.4) is 0 Å². The van der Waals surface area contributed by atoms with E-state index < -0.39 is 35.9 Å². The van der Waals surface area contributed by atoms with Gasteiger partial charge in [-0.05, 0) is 36.2 Å². The van der Waals surface area contributed by atoms with Gasteiger partial charge in [-0.25, -0.2) is 4.21 Å². The third kappa shape index (κ3) is 6.09. The zero-order chi connectivity index (χ0) is 24.5. The van der Waals surface area contributed by atoms with Crippen LogP contribution in [0.2, 0.25) is 39.3 Å². The largest absolute Gasteiger partial charge is 0.290 e. The first kappa shape index (κ1) is 26.8. The summed E-state index contributed by atoms with van der Waals surface area (Å²) >= 11 is 0. The summed E-state index contributed by atoms with van der Waals surface area (Å²) in [5.41, 5.74) is 0.955. The Bertz CT molecular complexity index is 1230. The van der Waals surface area contributed by atoms with Crippen LogP contribution in [0.25, 0.3) is 0 Å². The lowest BCUT2D eigenvalue weighted by Gasteiger charge is -2.29. The van der Waals surface area contributed by atoms with Gasteiger partial charge in [-0.3, -0.25) is 0 Å². The van der Waals surface area contributed by atoms with E-state index in [9.17, 15) is 8.42 Å². The van der Waals surface area contributed by atoms with Gasteiger partial charge in [0.15, 0.2) is 0 Å². The van der Waals surface area contributed by atoms with E-state index in [1.165, 1.54) is 0 Å². The quantitative estimate of drug-likeness (QED) is 0.421. The first-order valence-corrected chi connectivity index (χ1v) is 20.9. The molecule has 2 rings (SSSR count). The van der Waals surface area contributed by atoms with Crippen molar-refractivity contribution in [3.05, 3.63) is 64.7 Å². The van der Waals surface area contributed by atoms with Gasteiger partial charge < -0.3 is 0 Å². The van der Waals surface area contributed by atoms with Crippen LogP contribution in [0.1, 0.15) is 19.4 Å². The molecular weight excluding hydrogens is 471 g/mol. The Hall–Kier alpha value is -1.49. The Morgan fingerprint density at radius 1 is 0.875 bits per heavy atom. The van der Waals surface area contributed by atoms with Gasteiger partial charge >= 0.3 is 0 Å². The molecule has 0 heterocycles. The second kappa shape index (κ2) is 9.40. The SMILES string of the molecule is Cc1ccc(S(=O)(=O)N=[S@](=O)(/C(=C/C(C)C)[Si](C)(C)C)c2ccccc2[Si](C)(C)C)cc1. The molecule has 8 heteroatoms. The molecule has 4 nitrogen and oxygen atoms in total. The summed E-state index contributed by atoms with van der Waals surface area (Å²) in [7, 11) is -11.7. The van der Waals surface area contributed by atoms with Crippen molar-refractivity contribution in [3.8, 4) is 0 Å². The monoisotopic (exact) mass is 507 g/mol. The van der Waals surface area contributed by atoms with E-state index >= 15 is 4.21 Å². The Morgan fingerprint density at radius 3 is 1.88 bits per heavy atom. The summed E-state index contributed by atoms with van der Waals surface area (Å²) in [5.74, 6) is 0.119. The summed E-state index contributed by atoms with van der Waals surface area (Å²) in [6.07, 6.45) is 1.99. The van der Waals surface area contributed by atoms with E-state index in [1.54, 1.807) is 24.3 Å². The van der Waals surface area contributed by atoms with Gasteiger partial charge in [-0.1, -0.05) is 98.9 Å². The predicted octanol–water partition coefficient (Wildman–Crippen LogP) is 6.17. The summed E-state index contributed by atoms with van der Waals surface area (Å²) in [6, 6.07) is 14.1. The normalized spacial score (nSPS) is 15.5. The summed E-state index contributed by atoms with van der Waals surface area (Å²) < 4.78 is 47.0. The lowest BCUT2D eigenvalue weighted by Crippen LogP contribution is -2.42. The Balaban J connectivity index is 3.06. The van der Waals surface area contributed by atoms with Crippen molar-refractivity contribution in [1.82, 2.24) is 0 Å². The van der Waals surface area contributed by atoms with E-state index in [0.717, 1.165) is 10.8 Å². The van der Waals surface area contributed by atoms with Gasteiger partial charge in [-0.2, -0.15) is 8.42 Å². The van der Waals surface area contributed by atoms with E-state index in [4.69, 9.17) is 0 Å². The van der Waals surface area contributed by atoms with Crippen LogP contribution in [-0.4, -0.2) is 28.8 Å². The number of sulfonamides is 1. The van der Waals surface area contributed by atoms with Crippen molar-refractivity contribution in [2.45, 2.75) is 69.8 Å². The standard InChI is InChI=1S/C24H37NO3S2Si2/c1-19(2)18-24(32(7,8)9)29(26,22-12-10-11-13-23(22)31(4,5)6)25-30(27,28)21-16-14-20(3)15-17-21/h10-19H,1-9H3/b24-18-/t29-/m1/s1. The van der Waals surface area contributed by atoms with Crippen molar-refractivity contribution in [3.63, 3.8) is 0 Å². The highest BCUT2D eigenvalue weighted by atomic mass is 32.3. The van der Waals surface area contributed by atoms with E-state index in [0.29, 0.717) is 9.42 Å². The topological polar surface area (TPSA) is 63.6 Å². The first-order valence-electron chi connectivity index (χ1n) is 10.9. The number of allylic oxidation sites excluding steroid dienone is 1. The number of nitrogens with zero attached hydrogens (tertiary/aromatic N) is 1. The second-order valence-corrected chi connectivity index (χ2v) is 25.0. The molecule has 0 aliphatic heterocycles. The van der Waals surface area contributed by atoms with Crippen molar-refractivity contribution in [2.75, 3.05) is 0 Å². The van der Waals surface area contributed by atoms with Crippen molar-refractivity contribution in [2.24, 2.45) is 9.69 Å². The molecule has 0 N–H and O–H groups in total. The van der Waals surface area contributed by atoms with Gasteiger partial charge in [0, 0.05) is 4.53 Å². The molecule has 0 saturated heterocycles. The molecule has 0 spiro atoms. The maximum Gasteiger partial charge on any atom is 0.290 e. The zero-order valence-electron chi connectivity index (χ0n) is 20.8. The maximum absolute atomic E-state index is 15.0. The van der Waals surface area contributed by atoms with Crippen molar-refractivity contribution in [1.29, 1.82) is 0 Å². The summed E-state index contributed by atoms with van der Waals surface area (Å²) in [5, 5.41) is 0.987. The fraction of sp³-hybridized carbons (Fsp3) is 0.417. The molecule has 0 radical (unpaired) electrons. The van der Waals surface area contributed by atoms with Gasteiger partial charge in [0.05, 0.1) is 25.9 Å². The highest BCUT2D eigenvalue weighted by Gasteiger charge is 2.36. The average Bonchev–Trinajstić information content (AvgIpc) is 2.64. The van der Waals surface area contributed by atoms with Crippen LogP contribution in [0.4, 0.5) is 0 Å². The molecule has 0 saturated carbocycles. The van der Waals surface area contributed by atoms with Crippen LogP contribution in [-0.2, 0) is 19.8 Å². The average molecular weight is 508 g/mol. The lowest BCUT2D eigenvalue weighted by atomic mass is 10.2. The molecule has 0 amide bonds. The number of rotatable bonds is 7. The minimum absolute atomic E-state index is 0.0702. The highest BCUT2D eigenvalue weighted by Crippen LogP contribution is 2.33. The number of hydrogen-bond acceptors (Lipinski definition) is 3. The minimum Gasteiger partial charge on any atom is -0.239 e. The molecule has 1 atom stereocenters. The fourth-order valence-corrected chi connectivity index (χ4v) is 14.9. The van der Waals surface area contributed by atoms with Gasteiger partial charge in [0.25, 0.3) is 10.0 Å². The molecule has 0 bridgehead atoms. The fourth-order valence-electron chi connectivity index (χ4n) is 3.48. The molecule has 2 aromatic carbocycles. The Morgan fingerprint density at radius 2 is 1.41 bits per heavy atom. The lowest BCUT2D eigenvalue weighted by molar-refractivity contribution is 0.598. The molecule has 0 fully saturated rings. The molecule has 32 heavy (non-hydrogen) atoms. The van der Waals surface area contributed by atoms with Crippen LogP contribution in [0, 0.1) is 12.8 Å². The molecule has 0 aliphatic rings. The van der Waals surface area contributed by atoms with Crippen molar-refractivity contribution < 1.29 is 12.6 Å². The highest BCUT2D eigenvalue weighted by molar-refractivity contribution is 8.07. The summed E-state index contributed by atoms with van der Waals surface area (Å²) in [4.78, 5) is 0.630. The summed E-state index contributed by atoms with van der Waals surface area (Å²) in [6.45, 7) is 18.8. The van der Waals surface area contributed by atoms with Crippen LogP contribution >= 0.6 is 0 Å². The smallest absolute Gasteiger partial charge is 0.239 e. The minimum atomic E-state index is -4.14.